The molecule has 20 nitrogen and oxygen atoms in total. The van der Waals surface area contributed by atoms with Crippen LogP contribution in [0.1, 0.15) is 9.75 Å². The van der Waals surface area contributed by atoms with E-state index in [0.29, 0.717) is 4.88 Å². The van der Waals surface area contributed by atoms with Crippen LogP contribution in [0, 0.1) is 0 Å². The monoisotopic (exact) mass is 854 g/mol. The number of thioether (sulfide) groups is 2. The van der Waals surface area contributed by atoms with Crippen LogP contribution in [0.5, 0.6) is 0 Å². The lowest BCUT2D eigenvalue weighted by atomic mass is 9.97. The van der Waals surface area contributed by atoms with Crippen LogP contribution in [-0.2, 0) is 60.6 Å². The topological polar surface area (TPSA) is 291 Å². The predicted molar refractivity (Wildman–Crippen MR) is 199 cm³/mol. The quantitative estimate of drug-likeness (QED) is 0.0871. The van der Waals surface area contributed by atoms with Crippen LogP contribution in [0.15, 0.2) is 57.6 Å². The fourth-order valence-electron chi connectivity index (χ4n) is 5.77. The lowest BCUT2D eigenvalue weighted by molar-refractivity contribution is -0.191. The van der Waals surface area contributed by atoms with E-state index in [9.17, 15) is 48.6 Å². The number of imide groups is 1. The van der Waals surface area contributed by atoms with Crippen LogP contribution < -0.4 is 27.0 Å². The number of methoxy groups -OCH3 is 2. The van der Waals surface area contributed by atoms with Gasteiger partial charge in [-0.25, -0.2) is 19.2 Å². The first-order chi connectivity index (χ1) is 26.6. The molecule has 3 aliphatic heterocycles. The number of primary amides is 1. The molecule has 300 valence electrons. The van der Waals surface area contributed by atoms with Gasteiger partial charge in [-0.05, 0) is 22.9 Å². The number of hydrogen-bond acceptors (Lipinski definition) is 17. The summed E-state index contributed by atoms with van der Waals surface area (Å²) in [6, 6.07) is 6.90. The number of rotatable bonds is 16. The minimum absolute atomic E-state index is 0.0296. The third kappa shape index (κ3) is 8.79. The van der Waals surface area contributed by atoms with Crippen molar-refractivity contribution in [1.82, 2.24) is 26.2 Å². The number of carbonyl (C=O) groups is 8. The van der Waals surface area contributed by atoms with Crippen molar-refractivity contribution in [2.24, 2.45) is 5.73 Å². The van der Waals surface area contributed by atoms with Crippen molar-refractivity contribution in [2.45, 2.75) is 35.0 Å². The minimum atomic E-state index is -2.42. The van der Waals surface area contributed by atoms with Crippen LogP contribution in [0.4, 0.5) is 9.59 Å². The number of nitrogens with one attached hydrogen (secondary N) is 4. The van der Waals surface area contributed by atoms with Crippen molar-refractivity contribution in [3.8, 4) is 0 Å². The van der Waals surface area contributed by atoms with Gasteiger partial charge < -0.3 is 50.8 Å². The number of hydrogen-bond donors (Lipinski definition) is 7. The zero-order valence-electron chi connectivity index (χ0n) is 29.3. The predicted octanol–water partition coefficient (Wildman–Crippen LogP) is 0.116. The molecule has 0 aliphatic carbocycles. The molecule has 2 aromatic heterocycles. The first kappa shape index (κ1) is 42.0. The molecule has 8 N–H and O–H groups in total. The molecule has 24 heteroatoms. The Labute approximate surface area is 333 Å². The van der Waals surface area contributed by atoms with Crippen LogP contribution in [0.2, 0.25) is 0 Å². The normalized spacial score (nSPS) is 21.4. The Bertz CT molecular complexity index is 1970. The van der Waals surface area contributed by atoms with E-state index in [1.807, 2.05) is 5.32 Å². The SMILES string of the molecule is COC(NC(=O)Cc1cccs1)(C(=O)O)C1NC(C(=O)O)=C(COC(=O)NC(=O)C2=C(COC(N)=O)CS[C@H]3N2C(=O)[C@]3(NC(=O)Cc2cccs2)OC)CS1. The van der Waals surface area contributed by atoms with E-state index in [1.54, 1.807) is 35.0 Å². The Balaban J connectivity index is 1.28. The van der Waals surface area contributed by atoms with Gasteiger partial charge in [0.1, 0.15) is 35.4 Å². The highest BCUT2D eigenvalue weighted by Gasteiger charge is 2.66. The van der Waals surface area contributed by atoms with Crippen molar-refractivity contribution in [3.05, 3.63) is 67.3 Å². The number of nitrogens with zero attached hydrogens (tertiary/aromatic N) is 1. The Kier molecular flexibility index (Phi) is 13.3. The van der Waals surface area contributed by atoms with Gasteiger partial charge in [-0.1, -0.05) is 12.1 Å². The molecular formula is C32H34N6O14S4. The van der Waals surface area contributed by atoms with Crippen molar-refractivity contribution in [2.75, 3.05) is 38.9 Å². The number of β-lactam (4-membered cyclic amide) rings is 1. The van der Waals surface area contributed by atoms with E-state index in [2.05, 4.69) is 16.0 Å². The standard InChI is InChI=1S/C32H34N6O14S4/c1-49-31(28(45)46,36-19(39)9-17-5-3-7-53-17)25-34-21(24(42)43)15(13-55-25)11-52-30(48)35-23(41)22-16(12-51-29(33)47)14-56-27-32(50-2,26(44)38(22)27)37-20(40)10-18-6-4-8-54-18/h3-8,25,27,34H,9-14H2,1-2H3,(H2,33,47)(H,36,39)(H,37,40)(H,42,43)(H,45,46)(H,35,41,48)/t25?,27-,31?,32+/m1/s1. The smallest absolute Gasteiger partial charge is 0.414 e. The van der Waals surface area contributed by atoms with Crippen LogP contribution >= 0.6 is 46.2 Å². The molecule has 2 unspecified atom stereocenters. The molecule has 56 heavy (non-hydrogen) atoms. The summed E-state index contributed by atoms with van der Waals surface area (Å²) < 4.78 is 20.8. The molecule has 2 aromatic rings. The Morgan fingerprint density at radius 3 is 2.12 bits per heavy atom. The number of carboxylic acid groups (broad SMARTS) is 2. The third-order valence-corrected chi connectivity index (χ3v) is 12.8. The molecule has 6 amide bonds. The Morgan fingerprint density at radius 2 is 1.57 bits per heavy atom. The summed E-state index contributed by atoms with van der Waals surface area (Å²) in [5, 5.41) is 30.7. The number of amides is 6. The van der Waals surface area contributed by atoms with Gasteiger partial charge in [0.15, 0.2) is 0 Å². The Morgan fingerprint density at radius 1 is 0.946 bits per heavy atom. The molecular weight excluding hydrogens is 821 g/mol. The van der Waals surface area contributed by atoms with Crippen LogP contribution in [0.25, 0.3) is 0 Å². The number of ether oxygens (including phenoxy) is 4. The number of fused-ring (bicyclic) bond motifs is 1. The lowest BCUT2D eigenvalue weighted by Gasteiger charge is -2.56. The molecule has 0 radical (unpaired) electrons. The molecule has 1 saturated heterocycles. The van der Waals surface area contributed by atoms with Gasteiger partial charge in [0, 0.05) is 46.6 Å². The summed E-state index contributed by atoms with van der Waals surface area (Å²) in [6.07, 6.45) is -2.76. The van der Waals surface area contributed by atoms with E-state index < -0.39 is 94.6 Å². The second-order valence-corrected chi connectivity index (χ2v) is 16.1. The maximum Gasteiger partial charge on any atom is 0.414 e. The number of carbonyl (C=O) groups excluding carboxylic acids is 6. The third-order valence-electron chi connectivity index (χ3n) is 8.38. The van der Waals surface area contributed by atoms with E-state index in [-0.39, 0.29) is 35.5 Å². The summed E-state index contributed by atoms with van der Waals surface area (Å²) >= 11 is 4.53. The zero-order valence-corrected chi connectivity index (χ0v) is 32.6. The van der Waals surface area contributed by atoms with E-state index >= 15 is 0 Å². The fraction of sp³-hybridized carbons (Fsp3) is 0.375. The summed E-state index contributed by atoms with van der Waals surface area (Å²) in [4.78, 5) is 104. The van der Waals surface area contributed by atoms with Gasteiger partial charge in [-0.3, -0.25) is 29.4 Å². The van der Waals surface area contributed by atoms with Gasteiger partial charge in [-0.2, -0.15) is 0 Å². The molecule has 4 atom stereocenters. The van der Waals surface area contributed by atoms with Crippen LogP contribution in [-0.4, -0.2) is 124 Å². The highest BCUT2D eigenvalue weighted by molar-refractivity contribution is 8.00. The van der Waals surface area contributed by atoms with E-state index in [4.69, 9.17) is 24.7 Å². The van der Waals surface area contributed by atoms with Crippen molar-refractivity contribution in [1.29, 1.82) is 0 Å². The fourth-order valence-corrected chi connectivity index (χ4v) is 9.88. The maximum absolute atomic E-state index is 13.7. The zero-order chi connectivity index (χ0) is 40.8. The first-order valence-corrected chi connectivity index (χ1v) is 19.9. The molecule has 5 heterocycles. The Hall–Kier alpha value is -5.14. The molecule has 1 fully saturated rings. The highest BCUT2D eigenvalue weighted by atomic mass is 32.2. The lowest BCUT2D eigenvalue weighted by Crippen LogP contribution is -2.81. The summed E-state index contributed by atoms with van der Waals surface area (Å²) in [5.74, 6) is -6.69. The first-order valence-electron chi connectivity index (χ1n) is 16.1. The van der Waals surface area contributed by atoms with E-state index in [1.165, 1.54) is 29.8 Å². The molecule has 0 aromatic carbocycles. The van der Waals surface area contributed by atoms with Gasteiger partial charge in [-0.15, -0.1) is 46.2 Å². The summed E-state index contributed by atoms with van der Waals surface area (Å²) in [5.41, 5.74) is -0.0844. The molecule has 0 saturated carbocycles. The summed E-state index contributed by atoms with van der Waals surface area (Å²) in [6.45, 7) is -1.24. The van der Waals surface area contributed by atoms with Crippen molar-refractivity contribution in [3.63, 3.8) is 0 Å². The largest absolute Gasteiger partial charge is 0.478 e. The number of aliphatic carboxylic acids is 2. The minimum Gasteiger partial charge on any atom is -0.478 e. The van der Waals surface area contributed by atoms with Gasteiger partial charge in [0.05, 0.1) is 12.8 Å². The van der Waals surface area contributed by atoms with Crippen molar-refractivity contribution >= 4 is 94.0 Å². The maximum atomic E-state index is 13.7. The second kappa shape index (κ2) is 17.8. The molecule has 3 aliphatic rings. The number of alkyl carbamates (subject to hydrolysis) is 1. The van der Waals surface area contributed by atoms with E-state index in [0.717, 1.165) is 40.4 Å². The molecule has 5 rings (SSSR count). The second-order valence-electron chi connectivity index (χ2n) is 11.8. The molecule has 0 spiro atoms. The summed E-state index contributed by atoms with van der Waals surface area (Å²) in [7, 11) is 2.24. The average molecular weight is 855 g/mol. The van der Waals surface area contributed by atoms with Crippen LogP contribution in [0.3, 0.4) is 0 Å². The van der Waals surface area contributed by atoms with Gasteiger partial charge >= 0.3 is 24.1 Å². The average Bonchev–Trinajstić information content (AvgIpc) is 3.88. The highest BCUT2D eigenvalue weighted by Crippen LogP contribution is 2.46. The van der Waals surface area contributed by atoms with Crippen molar-refractivity contribution < 1.29 is 67.5 Å². The van der Waals surface area contributed by atoms with Gasteiger partial charge in [0.2, 0.25) is 11.8 Å². The molecule has 0 bridgehead atoms. The number of carboxylic acids is 2. The number of nitrogens with two attached hydrogens (primary N) is 1. The number of thiophene rings is 2. The van der Waals surface area contributed by atoms with Gasteiger partial charge in [0.25, 0.3) is 23.3 Å².